The van der Waals surface area contributed by atoms with E-state index in [0.29, 0.717) is 11.9 Å². The normalized spacial score (nSPS) is 20.4. The molecule has 3 nitrogen and oxygen atoms in total. The summed E-state index contributed by atoms with van der Waals surface area (Å²) < 4.78 is 17.2. The summed E-state index contributed by atoms with van der Waals surface area (Å²) in [5.41, 5.74) is -2.36. The molecule has 6 heteroatoms. The van der Waals surface area contributed by atoms with Gasteiger partial charge in [0.25, 0.3) is 0 Å². The van der Waals surface area contributed by atoms with Crippen LogP contribution in [-0.4, -0.2) is 24.1 Å². The number of esters is 1. The first-order valence-electron chi connectivity index (χ1n) is 5.23. The fourth-order valence-electron chi connectivity index (χ4n) is 1.38. The molecule has 1 atom stereocenters. The zero-order valence-corrected chi connectivity index (χ0v) is 12.1. The SMILES string of the molecule is C=C(C(C)CC(=O)OCC)P1(=O)SCCS1. The highest BCUT2D eigenvalue weighted by Gasteiger charge is 2.35. The van der Waals surface area contributed by atoms with Gasteiger partial charge in [0.1, 0.15) is 0 Å². The molecule has 0 bridgehead atoms. The number of rotatable bonds is 5. The van der Waals surface area contributed by atoms with Crippen molar-refractivity contribution in [3.63, 3.8) is 0 Å². The molecule has 0 aromatic rings. The Balaban J connectivity index is 2.53. The second-order valence-electron chi connectivity index (χ2n) is 3.57. The minimum Gasteiger partial charge on any atom is -0.466 e. The van der Waals surface area contributed by atoms with Crippen molar-refractivity contribution in [2.45, 2.75) is 20.3 Å². The summed E-state index contributed by atoms with van der Waals surface area (Å²) in [5.74, 6) is 1.51. The van der Waals surface area contributed by atoms with Gasteiger partial charge in [0.15, 0.2) is 0 Å². The van der Waals surface area contributed by atoms with Gasteiger partial charge >= 0.3 is 5.97 Å². The molecule has 1 fully saturated rings. The Kier molecular flexibility index (Phi) is 5.48. The number of carbonyl (C=O) groups is 1. The Morgan fingerprint density at radius 3 is 2.56 bits per heavy atom. The van der Waals surface area contributed by atoms with Gasteiger partial charge in [-0.15, -0.1) is 0 Å². The molecule has 0 aromatic heterocycles. The van der Waals surface area contributed by atoms with Crippen LogP contribution in [-0.2, 0) is 14.1 Å². The van der Waals surface area contributed by atoms with Crippen molar-refractivity contribution in [3.8, 4) is 0 Å². The summed E-state index contributed by atoms with van der Waals surface area (Å²) >= 11 is 2.98. The first-order chi connectivity index (χ1) is 7.49. The Bertz CT molecular complexity index is 320. The highest BCUT2D eigenvalue weighted by molar-refractivity contribution is 8.93. The van der Waals surface area contributed by atoms with Gasteiger partial charge < -0.3 is 4.74 Å². The van der Waals surface area contributed by atoms with E-state index in [9.17, 15) is 9.36 Å². The maximum absolute atomic E-state index is 12.4. The van der Waals surface area contributed by atoms with Gasteiger partial charge in [0.05, 0.1) is 13.0 Å². The average Bonchev–Trinajstić information content (AvgIpc) is 2.65. The monoisotopic (exact) mass is 280 g/mol. The Hall–Kier alpha value is 0.140. The molecule has 0 aromatic carbocycles. The standard InChI is InChI=1S/C10H17O3PS2/c1-4-13-10(11)7-8(2)9(3)14(12)15-5-6-16-14/h8H,3-7H2,1-2H3. The molecular weight excluding hydrogens is 263 g/mol. The number of hydrogen-bond donors (Lipinski definition) is 0. The largest absolute Gasteiger partial charge is 0.466 e. The molecule has 1 aliphatic rings. The summed E-state index contributed by atoms with van der Waals surface area (Å²) in [6.45, 7) is 7.96. The molecular formula is C10H17O3PS2. The minimum atomic E-state index is -2.36. The maximum atomic E-state index is 12.4. The van der Waals surface area contributed by atoms with Gasteiger partial charge in [-0.05, 0) is 12.8 Å². The summed E-state index contributed by atoms with van der Waals surface area (Å²) in [7, 11) is 0. The van der Waals surface area contributed by atoms with E-state index >= 15 is 0 Å². The number of allylic oxidation sites excluding steroid dienone is 1. The van der Waals surface area contributed by atoms with E-state index in [1.54, 1.807) is 6.92 Å². The summed E-state index contributed by atoms with van der Waals surface area (Å²) in [6.07, 6.45) is 0.276. The van der Waals surface area contributed by atoms with Crippen molar-refractivity contribution in [1.82, 2.24) is 0 Å². The van der Waals surface area contributed by atoms with Crippen LogP contribution in [0.15, 0.2) is 11.9 Å². The second-order valence-corrected chi connectivity index (χ2v) is 11.8. The third-order valence-corrected chi connectivity index (χ3v) is 11.6. The van der Waals surface area contributed by atoms with Crippen molar-refractivity contribution in [3.05, 3.63) is 11.9 Å². The summed E-state index contributed by atoms with van der Waals surface area (Å²) in [6, 6.07) is 0. The lowest BCUT2D eigenvalue weighted by molar-refractivity contribution is -0.143. The van der Waals surface area contributed by atoms with Gasteiger partial charge in [-0.3, -0.25) is 9.36 Å². The average molecular weight is 280 g/mol. The van der Waals surface area contributed by atoms with Crippen LogP contribution in [0, 0.1) is 5.92 Å². The Labute approximate surface area is 105 Å². The topological polar surface area (TPSA) is 43.4 Å². The predicted molar refractivity (Wildman–Crippen MR) is 72.1 cm³/mol. The van der Waals surface area contributed by atoms with Crippen molar-refractivity contribution in [2.24, 2.45) is 5.92 Å². The number of ether oxygens (including phenoxy) is 1. The minimum absolute atomic E-state index is 0.0667. The van der Waals surface area contributed by atoms with Crippen LogP contribution in [0.5, 0.6) is 0 Å². The molecule has 1 unspecified atom stereocenters. The molecule has 1 aliphatic heterocycles. The van der Waals surface area contributed by atoms with E-state index in [-0.39, 0.29) is 18.3 Å². The van der Waals surface area contributed by atoms with E-state index in [0.717, 1.165) is 11.5 Å². The molecule has 92 valence electrons. The predicted octanol–water partition coefficient (Wildman–Crippen LogP) is 3.76. The molecule has 1 saturated heterocycles. The zero-order valence-electron chi connectivity index (χ0n) is 9.60. The lowest BCUT2D eigenvalue weighted by Crippen LogP contribution is -2.10. The molecule has 0 radical (unpaired) electrons. The van der Waals surface area contributed by atoms with Gasteiger partial charge in [-0.1, -0.05) is 36.3 Å². The van der Waals surface area contributed by atoms with Crippen LogP contribution < -0.4 is 0 Å². The Morgan fingerprint density at radius 2 is 2.06 bits per heavy atom. The van der Waals surface area contributed by atoms with Crippen molar-refractivity contribution in [2.75, 3.05) is 18.1 Å². The van der Waals surface area contributed by atoms with E-state index < -0.39 is 5.55 Å². The molecule has 0 amide bonds. The third kappa shape index (κ3) is 3.57. The van der Waals surface area contributed by atoms with E-state index in [1.165, 1.54) is 22.8 Å². The smallest absolute Gasteiger partial charge is 0.306 e. The fraction of sp³-hybridized carbons (Fsp3) is 0.700. The number of hydrogen-bond acceptors (Lipinski definition) is 5. The quantitative estimate of drug-likeness (QED) is 0.566. The lowest BCUT2D eigenvalue weighted by atomic mass is 10.1. The van der Waals surface area contributed by atoms with Crippen LogP contribution in [0.4, 0.5) is 0 Å². The maximum Gasteiger partial charge on any atom is 0.306 e. The molecule has 0 saturated carbocycles. The van der Waals surface area contributed by atoms with Crippen LogP contribution in [0.2, 0.25) is 0 Å². The molecule has 1 rings (SSSR count). The first kappa shape index (κ1) is 14.2. The van der Waals surface area contributed by atoms with Gasteiger partial charge in [0, 0.05) is 16.8 Å². The fourth-order valence-corrected chi connectivity index (χ4v) is 10.6. The van der Waals surface area contributed by atoms with Crippen LogP contribution in [0.25, 0.3) is 0 Å². The van der Waals surface area contributed by atoms with Crippen LogP contribution >= 0.6 is 28.3 Å². The first-order valence-corrected chi connectivity index (χ1v) is 10.1. The number of carbonyl (C=O) groups excluding carboxylic acids is 1. The van der Waals surface area contributed by atoms with Gasteiger partial charge in [-0.2, -0.15) is 0 Å². The van der Waals surface area contributed by atoms with Crippen molar-refractivity contribution in [1.29, 1.82) is 0 Å². The third-order valence-electron chi connectivity index (χ3n) is 2.30. The van der Waals surface area contributed by atoms with Crippen molar-refractivity contribution >= 4 is 34.3 Å². The zero-order chi connectivity index (χ0) is 12.2. The van der Waals surface area contributed by atoms with Crippen LogP contribution in [0.3, 0.4) is 0 Å². The van der Waals surface area contributed by atoms with E-state index in [2.05, 4.69) is 6.58 Å². The molecule has 0 spiro atoms. The molecule has 16 heavy (non-hydrogen) atoms. The molecule has 1 heterocycles. The molecule has 0 N–H and O–H groups in total. The highest BCUT2D eigenvalue weighted by Crippen LogP contribution is 2.79. The van der Waals surface area contributed by atoms with Crippen LogP contribution in [0.1, 0.15) is 20.3 Å². The summed E-state index contributed by atoms with van der Waals surface area (Å²) in [5, 5.41) is 0.716. The second kappa shape index (κ2) is 6.18. The van der Waals surface area contributed by atoms with Gasteiger partial charge in [0.2, 0.25) is 5.55 Å². The van der Waals surface area contributed by atoms with E-state index in [4.69, 9.17) is 4.74 Å². The van der Waals surface area contributed by atoms with Gasteiger partial charge in [-0.25, -0.2) is 0 Å². The summed E-state index contributed by atoms with van der Waals surface area (Å²) in [4.78, 5) is 11.3. The van der Waals surface area contributed by atoms with E-state index in [1.807, 2.05) is 6.92 Å². The molecule has 0 aliphatic carbocycles. The lowest BCUT2D eigenvalue weighted by Gasteiger charge is -2.18. The van der Waals surface area contributed by atoms with Crippen molar-refractivity contribution < 1.29 is 14.1 Å². The highest BCUT2D eigenvalue weighted by atomic mass is 33.1. The Morgan fingerprint density at radius 1 is 1.50 bits per heavy atom.